The first-order valence-corrected chi connectivity index (χ1v) is 5.54. The predicted octanol–water partition coefficient (Wildman–Crippen LogP) is 2.58. The normalized spacial score (nSPS) is 11.4. The minimum absolute atomic E-state index is 0.181. The maximum Gasteiger partial charge on any atom is 0.319 e. The van der Waals surface area contributed by atoms with Gasteiger partial charge in [-0.15, -0.1) is 0 Å². The van der Waals surface area contributed by atoms with Crippen molar-refractivity contribution in [3.63, 3.8) is 0 Å². The van der Waals surface area contributed by atoms with Crippen LogP contribution in [0.2, 0.25) is 0 Å². The molecule has 1 unspecified atom stereocenters. The van der Waals surface area contributed by atoms with Crippen LogP contribution in [0.4, 0.5) is 10.5 Å². The SMILES string of the molecule is Cc1ccc(C)c(NC(=O)NCC(C)C#N)c1. The number of aryl methyl sites for hydroxylation is 2. The lowest BCUT2D eigenvalue weighted by Gasteiger charge is -2.11. The van der Waals surface area contributed by atoms with Gasteiger partial charge in [0, 0.05) is 12.2 Å². The number of hydrogen-bond acceptors (Lipinski definition) is 2. The zero-order valence-corrected chi connectivity index (χ0v) is 10.4. The topological polar surface area (TPSA) is 64.9 Å². The first kappa shape index (κ1) is 13.0. The molecule has 0 radical (unpaired) electrons. The number of carbonyl (C=O) groups is 1. The highest BCUT2D eigenvalue weighted by atomic mass is 16.2. The van der Waals surface area contributed by atoms with E-state index >= 15 is 0 Å². The fraction of sp³-hybridized carbons (Fsp3) is 0.385. The number of benzene rings is 1. The van der Waals surface area contributed by atoms with E-state index in [-0.39, 0.29) is 11.9 Å². The zero-order chi connectivity index (χ0) is 12.8. The minimum atomic E-state index is -0.277. The van der Waals surface area contributed by atoms with E-state index in [9.17, 15) is 4.79 Å². The Morgan fingerprint density at radius 1 is 1.47 bits per heavy atom. The third-order valence-electron chi connectivity index (χ3n) is 2.43. The second-order valence-corrected chi connectivity index (χ2v) is 4.18. The van der Waals surface area contributed by atoms with Crippen LogP contribution in [0.15, 0.2) is 18.2 Å². The summed E-state index contributed by atoms with van der Waals surface area (Å²) >= 11 is 0. The van der Waals surface area contributed by atoms with Gasteiger partial charge in [0.1, 0.15) is 0 Å². The molecule has 0 aliphatic rings. The Hall–Kier alpha value is -2.02. The van der Waals surface area contributed by atoms with Gasteiger partial charge in [-0.2, -0.15) is 5.26 Å². The van der Waals surface area contributed by atoms with Gasteiger partial charge in [0.25, 0.3) is 0 Å². The Kier molecular flexibility index (Phi) is 4.53. The Balaban J connectivity index is 2.57. The smallest absolute Gasteiger partial charge is 0.319 e. The number of carbonyl (C=O) groups excluding carboxylic acids is 1. The van der Waals surface area contributed by atoms with E-state index in [4.69, 9.17) is 5.26 Å². The predicted molar refractivity (Wildman–Crippen MR) is 67.7 cm³/mol. The molecule has 1 rings (SSSR count). The summed E-state index contributed by atoms with van der Waals surface area (Å²) in [6, 6.07) is 7.66. The van der Waals surface area contributed by atoms with Crippen molar-refractivity contribution in [3.05, 3.63) is 29.3 Å². The fourth-order valence-electron chi connectivity index (χ4n) is 1.33. The van der Waals surface area contributed by atoms with Crippen molar-refractivity contribution in [1.29, 1.82) is 5.26 Å². The molecule has 2 N–H and O–H groups in total. The average Bonchev–Trinajstić information content (AvgIpc) is 2.30. The molecule has 0 heterocycles. The maximum absolute atomic E-state index is 11.6. The van der Waals surface area contributed by atoms with Crippen LogP contribution in [0.1, 0.15) is 18.1 Å². The third-order valence-corrected chi connectivity index (χ3v) is 2.43. The largest absolute Gasteiger partial charge is 0.337 e. The molecule has 1 aromatic rings. The molecule has 4 heteroatoms. The van der Waals surface area contributed by atoms with Crippen molar-refractivity contribution in [1.82, 2.24) is 5.32 Å². The van der Waals surface area contributed by atoms with Gasteiger partial charge in [0.05, 0.1) is 12.0 Å². The second kappa shape index (κ2) is 5.90. The van der Waals surface area contributed by atoms with Crippen molar-refractivity contribution in [2.45, 2.75) is 20.8 Å². The molecule has 90 valence electrons. The van der Waals surface area contributed by atoms with Crippen LogP contribution in [0.25, 0.3) is 0 Å². The summed E-state index contributed by atoms with van der Waals surface area (Å²) in [5.74, 6) is -0.181. The van der Waals surface area contributed by atoms with E-state index in [1.807, 2.05) is 32.0 Å². The molecular formula is C13H17N3O. The maximum atomic E-state index is 11.6. The lowest BCUT2D eigenvalue weighted by atomic mass is 10.1. The van der Waals surface area contributed by atoms with Gasteiger partial charge in [0.2, 0.25) is 0 Å². The molecule has 17 heavy (non-hydrogen) atoms. The Bertz CT molecular complexity index is 448. The molecule has 0 saturated carbocycles. The fourth-order valence-corrected chi connectivity index (χ4v) is 1.33. The standard InChI is InChI=1S/C13H17N3O/c1-9-4-5-11(3)12(6-9)16-13(17)15-8-10(2)7-14/h4-6,10H,8H2,1-3H3,(H2,15,16,17). The monoisotopic (exact) mass is 231 g/mol. The summed E-state index contributed by atoms with van der Waals surface area (Å²) in [7, 11) is 0. The second-order valence-electron chi connectivity index (χ2n) is 4.18. The molecule has 0 saturated heterocycles. The molecule has 4 nitrogen and oxygen atoms in total. The van der Waals surface area contributed by atoms with Gasteiger partial charge in [-0.3, -0.25) is 0 Å². The number of anilines is 1. The van der Waals surface area contributed by atoms with E-state index in [0.29, 0.717) is 6.54 Å². The molecule has 0 bridgehead atoms. The highest BCUT2D eigenvalue weighted by Gasteiger charge is 2.06. The Morgan fingerprint density at radius 2 is 2.18 bits per heavy atom. The lowest BCUT2D eigenvalue weighted by Crippen LogP contribution is -2.32. The molecule has 1 aromatic carbocycles. The van der Waals surface area contributed by atoms with Crippen molar-refractivity contribution >= 4 is 11.7 Å². The average molecular weight is 231 g/mol. The minimum Gasteiger partial charge on any atom is -0.337 e. The lowest BCUT2D eigenvalue weighted by molar-refractivity contribution is 0.251. The summed E-state index contributed by atoms with van der Waals surface area (Å²) in [6.07, 6.45) is 0. The van der Waals surface area contributed by atoms with Crippen LogP contribution in [0, 0.1) is 31.1 Å². The number of nitrogens with zero attached hydrogens (tertiary/aromatic N) is 1. The molecule has 1 atom stereocenters. The van der Waals surface area contributed by atoms with Gasteiger partial charge >= 0.3 is 6.03 Å². The van der Waals surface area contributed by atoms with Crippen molar-refractivity contribution in [3.8, 4) is 6.07 Å². The number of nitrogens with one attached hydrogen (secondary N) is 2. The quantitative estimate of drug-likeness (QED) is 0.839. The number of rotatable bonds is 3. The van der Waals surface area contributed by atoms with Crippen LogP contribution in [0.5, 0.6) is 0 Å². The molecular weight excluding hydrogens is 214 g/mol. The van der Waals surface area contributed by atoms with Gasteiger partial charge < -0.3 is 10.6 Å². The Morgan fingerprint density at radius 3 is 2.82 bits per heavy atom. The van der Waals surface area contributed by atoms with Gasteiger partial charge in [0.15, 0.2) is 0 Å². The van der Waals surface area contributed by atoms with Gasteiger partial charge in [-0.25, -0.2) is 4.79 Å². The van der Waals surface area contributed by atoms with E-state index < -0.39 is 0 Å². The summed E-state index contributed by atoms with van der Waals surface area (Å²) in [5, 5.41) is 14.0. The Labute approximate surface area is 102 Å². The molecule has 0 fully saturated rings. The summed E-state index contributed by atoms with van der Waals surface area (Å²) in [4.78, 5) is 11.6. The number of hydrogen-bond donors (Lipinski definition) is 2. The van der Waals surface area contributed by atoms with E-state index in [1.54, 1.807) is 6.92 Å². The van der Waals surface area contributed by atoms with Crippen molar-refractivity contribution < 1.29 is 4.79 Å². The van der Waals surface area contributed by atoms with Crippen LogP contribution in [-0.2, 0) is 0 Å². The first-order valence-electron chi connectivity index (χ1n) is 5.54. The summed E-state index contributed by atoms with van der Waals surface area (Å²) < 4.78 is 0. The van der Waals surface area contributed by atoms with Crippen molar-refractivity contribution in [2.24, 2.45) is 5.92 Å². The highest BCUT2D eigenvalue weighted by Crippen LogP contribution is 2.15. The molecule has 0 aromatic heterocycles. The van der Waals surface area contributed by atoms with Crippen LogP contribution in [0.3, 0.4) is 0 Å². The van der Waals surface area contributed by atoms with E-state index in [0.717, 1.165) is 16.8 Å². The molecule has 0 aliphatic carbocycles. The number of urea groups is 1. The molecule has 2 amide bonds. The van der Waals surface area contributed by atoms with Crippen LogP contribution < -0.4 is 10.6 Å². The molecule has 0 aliphatic heterocycles. The van der Waals surface area contributed by atoms with Crippen molar-refractivity contribution in [2.75, 3.05) is 11.9 Å². The number of amides is 2. The third kappa shape index (κ3) is 4.15. The first-order chi connectivity index (χ1) is 8.02. The zero-order valence-electron chi connectivity index (χ0n) is 10.4. The number of nitriles is 1. The van der Waals surface area contributed by atoms with E-state index in [2.05, 4.69) is 16.7 Å². The highest BCUT2D eigenvalue weighted by molar-refractivity contribution is 5.90. The molecule has 0 spiro atoms. The van der Waals surface area contributed by atoms with Crippen LogP contribution in [-0.4, -0.2) is 12.6 Å². The van der Waals surface area contributed by atoms with E-state index in [1.165, 1.54) is 0 Å². The van der Waals surface area contributed by atoms with Crippen LogP contribution >= 0.6 is 0 Å². The van der Waals surface area contributed by atoms with Gasteiger partial charge in [-0.1, -0.05) is 12.1 Å². The summed E-state index contributed by atoms with van der Waals surface area (Å²) in [6.45, 7) is 6.03. The summed E-state index contributed by atoms with van der Waals surface area (Å²) in [5.41, 5.74) is 2.91. The van der Waals surface area contributed by atoms with Gasteiger partial charge in [-0.05, 0) is 38.0 Å².